The molecule has 0 radical (unpaired) electrons. The highest BCUT2D eigenvalue weighted by atomic mass is 35.5. The zero-order chi connectivity index (χ0) is 18.6. The van der Waals surface area contributed by atoms with Crippen LogP contribution in [0.4, 0.5) is 23.4 Å². The molecule has 0 spiro atoms. The summed E-state index contributed by atoms with van der Waals surface area (Å²) in [6.45, 7) is 5.13. The number of anilines is 4. The Balaban J connectivity index is 1.43. The van der Waals surface area contributed by atoms with E-state index >= 15 is 0 Å². The number of benzene rings is 1. The van der Waals surface area contributed by atoms with Crippen molar-refractivity contribution in [1.82, 2.24) is 25.1 Å². The molecule has 3 aromatic rings. The summed E-state index contributed by atoms with van der Waals surface area (Å²) in [5, 5.41) is 12.2. The second kappa shape index (κ2) is 7.71. The summed E-state index contributed by atoms with van der Waals surface area (Å²) in [5.74, 6) is 1.99. The number of rotatable bonds is 4. The molecule has 0 unspecified atom stereocenters. The van der Waals surface area contributed by atoms with Crippen LogP contribution in [0.1, 0.15) is 5.56 Å². The largest absolute Gasteiger partial charge is 0.339 e. The van der Waals surface area contributed by atoms with E-state index < -0.39 is 0 Å². The molecule has 0 bridgehead atoms. The minimum Gasteiger partial charge on any atom is -0.339 e. The van der Waals surface area contributed by atoms with Gasteiger partial charge in [-0.15, -0.1) is 5.10 Å². The molecule has 3 heterocycles. The normalized spacial score (nSPS) is 14.3. The monoisotopic (exact) mass is 382 g/mol. The first kappa shape index (κ1) is 17.4. The first-order valence-electron chi connectivity index (χ1n) is 8.69. The Hall–Kier alpha value is -3.00. The Bertz CT molecular complexity index is 912. The number of aromatic nitrogens is 5. The highest BCUT2D eigenvalue weighted by Crippen LogP contribution is 2.23. The van der Waals surface area contributed by atoms with Gasteiger partial charge in [-0.1, -0.05) is 17.7 Å². The first-order valence-corrected chi connectivity index (χ1v) is 9.07. The van der Waals surface area contributed by atoms with Crippen molar-refractivity contribution in [3.05, 3.63) is 53.4 Å². The maximum absolute atomic E-state index is 6.19. The van der Waals surface area contributed by atoms with Gasteiger partial charge in [0.05, 0.1) is 6.20 Å². The highest BCUT2D eigenvalue weighted by molar-refractivity contribution is 6.31. The van der Waals surface area contributed by atoms with Crippen LogP contribution in [0.5, 0.6) is 0 Å². The van der Waals surface area contributed by atoms with E-state index in [-0.39, 0.29) is 0 Å². The number of hydrogen-bond acceptors (Lipinski definition) is 8. The Morgan fingerprint density at radius 3 is 2.41 bits per heavy atom. The van der Waals surface area contributed by atoms with Crippen LogP contribution in [-0.2, 0) is 0 Å². The molecule has 0 amide bonds. The van der Waals surface area contributed by atoms with Crippen molar-refractivity contribution in [2.24, 2.45) is 0 Å². The third-order valence-corrected chi connectivity index (χ3v) is 4.80. The molecular formula is C18H19ClN8. The smallest absolute Gasteiger partial charge is 0.247 e. The molecule has 2 aromatic heterocycles. The number of aryl methyl sites for hydroxylation is 1. The second-order valence-corrected chi connectivity index (χ2v) is 6.66. The number of nitrogens with one attached hydrogen (secondary N) is 1. The van der Waals surface area contributed by atoms with E-state index in [2.05, 4.69) is 40.3 Å². The van der Waals surface area contributed by atoms with Crippen molar-refractivity contribution in [2.45, 2.75) is 6.92 Å². The number of hydrogen-bond donors (Lipinski definition) is 1. The van der Waals surface area contributed by atoms with Crippen molar-refractivity contribution >= 4 is 35.0 Å². The van der Waals surface area contributed by atoms with Crippen molar-refractivity contribution in [2.75, 3.05) is 41.3 Å². The molecule has 138 valence electrons. The van der Waals surface area contributed by atoms with E-state index in [1.807, 2.05) is 31.2 Å². The Morgan fingerprint density at radius 1 is 1.00 bits per heavy atom. The standard InChI is InChI=1S/C18H19ClN8/c1-13-3-4-14(11-15(13)19)23-16-12-22-25-18(24-16)27-9-7-26(8-10-27)17-20-5-2-6-21-17/h2-6,11-12H,7-10H2,1H3,(H,23,24,25). The first-order chi connectivity index (χ1) is 13.2. The summed E-state index contributed by atoms with van der Waals surface area (Å²) in [5.41, 5.74) is 1.90. The topological polar surface area (TPSA) is 83.0 Å². The van der Waals surface area contributed by atoms with Crippen molar-refractivity contribution < 1.29 is 0 Å². The van der Waals surface area contributed by atoms with E-state index in [0.29, 0.717) is 16.8 Å². The fourth-order valence-corrected chi connectivity index (χ4v) is 3.05. The summed E-state index contributed by atoms with van der Waals surface area (Å²) in [4.78, 5) is 17.5. The molecular weight excluding hydrogens is 364 g/mol. The van der Waals surface area contributed by atoms with Crippen LogP contribution in [0.15, 0.2) is 42.9 Å². The molecule has 1 aliphatic heterocycles. The van der Waals surface area contributed by atoms with Gasteiger partial charge in [-0.25, -0.2) is 9.97 Å². The SMILES string of the molecule is Cc1ccc(Nc2cnnc(N3CCN(c4ncccn4)CC3)n2)cc1Cl. The third kappa shape index (κ3) is 4.06. The molecule has 0 aliphatic carbocycles. The van der Waals surface area contributed by atoms with Crippen molar-refractivity contribution in [3.63, 3.8) is 0 Å². The molecule has 1 fully saturated rings. The predicted molar refractivity (Wildman–Crippen MR) is 106 cm³/mol. The summed E-state index contributed by atoms with van der Waals surface area (Å²) in [6, 6.07) is 7.61. The minimum absolute atomic E-state index is 0.604. The van der Waals surface area contributed by atoms with Gasteiger partial charge in [0.25, 0.3) is 0 Å². The van der Waals surface area contributed by atoms with E-state index in [0.717, 1.165) is 43.4 Å². The minimum atomic E-state index is 0.604. The molecule has 1 N–H and O–H groups in total. The van der Waals surface area contributed by atoms with Gasteiger partial charge < -0.3 is 15.1 Å². The lowest BCUT2D eigenvalue weighted by molar-refractivity contribution is 0.624. The molecule has 1 aromatic carbocycles. The van der Waals surface area contributed by atoms with E-state index in [4.69, 9.17) is 11.6 Å². The van der Waals surface area contributed by atoms with Crippen LogP contribution >= 0.6 is 11.6 Å². The quantitative estimate of drug-likeness (QED) is 0.737. The summed E-state index contributed by atoms with van der Waals surface area (Å²) in [6.07, 6.45) is 5.12. The summed E-state index contributed by atoms with van der Waals surface area (Å²) in [7, 11) is 0. The average molecular weight is 383 g/mol. The number of piperazine rings is 1. The zero-order valence-corrected chi connectivity index (χ0v) is 15.6. The Morgan fingerprint density at radius 2 is 1.70 bits per heavy atom. The van der Waals surface area contributed by atoms with Gasteiger partial charge in [0.1, 0.15) is 0 Å². The molecule has 1 saturated heterocycles. The lowest BCUT2D eigenvalue weighted by Crippen LogP contribution is -2.47. The maximum atomic E-state index is 6.19. The molecule has 0 atom stereocenters. The predicted octanol–water partition coefficient (Wildman–Crippen LogP) is 2.69. The van der Waals surface area contributed by atoms with Gasteiger partial charge in [0, 0.05) is 49.3 Å². The molecule has 9 heteroatoms. The maximum Gasteiger partial charge on any atom is 0.247 e. The van der Waals surface area contributed by atoms with Crippen LogP contribution in [0.25, 0.3) is 0 Å². The average Bonchev–Trinajstić information content (AvgIpc) is 2.72. The van der Waals surface area contributed by atoms with Gasteiger partial charge in [0.15, 0.2) is 5.82 Å². The second-order valence-electron chi connectivity index (χ2n) is 6.25. The Labute approximate surface area is 162 Å². The van der Waals surface area contributed by atoms with Crippen molar-refractivity contribution in [3.8, 4) is 0 Å². The molecule has 1 aliphatic rings. The van der Waals surface area contributed by atoms with Gasteiger partial charge in [-0.2, -0.15) is 10.1 Å². The fraction of sp³-hybridized carbons (Fsp3) is 0.278. The zero-order valence-electron chi connectivity index (χ0n) is 14.9. The Kier molecular flexibility index (Phi) is 4.97. The van der Waals surface area contributed by atoms with Gasteiger partial charge >= 0.3 is 0 Å². The molecule has 4 rings (SSSR count). The van der Waals surface area contributed by atoms with E-state index in [9.17, 15) is 0 Å². The van der Waals surface area contributed by atoms with Crippen LogP contribution in [0, 0.1) is 6.92 Å². The van der Waals surface area contributed by atoms with Crippen molar-refractivity contribution in [1.29, 1.82) is 0 Å². The highest BCUT2D eigenvalue weighted by Gasteiger charge is 2.21. The number of nitrogens with zero attached hydrogens (tertiary/aromatic N) is 7. The van der Waals surface area contributed by atoms with E-state index in [1.54, 1.807) is 18.6 Å². The molecule has 27 heavy (non-hydrogen) atoms. The van der Waals surface area contributed by atoms with E-state index in [1.165, 1.54) is 0 Å². The van der Waals surface area contributed by atoms with Crippen LogP contribution in [-0.4, -0.2) is 51.3 Å². The van der Waals surface area contributed by atoms with Gasteiger partial charge in [0.2, 0.25) is 11.9 Å². The molecule has 8 nitrogen and oxygen atoms in total. The van der Waals surface area contributed by atoms with Crippen LogP contribution in [0.3, 0.4) is 0 Å². The molecule has 0 saturated carbocycles. The van der Waals surface area contributed by atoms with Crippen LogP contribution < -0.4 is 15.1 Å². The third-order valence-electron chi connectivity index (χ3n) is 4.39. The van der Waals surface area contributed by atoms with Gasteiger partial charge in [-0.3, -0.25) is 0 Å². The lowest BCUT2D eigenvalue weighted by atomic mass is 10.2. The summed E-state index contributed by atoms with van der Waals surface area (Å²) >= 11 is 6.19. The lowest BCUT2D eigenvalue weighted by Gasteiger charge is -2.34. The fourth-order valence-electron chi connectivity index (χ4n) is 2.87. The number of halogens is 1. The van der Waals surface area contributed by atoms with Crippen LogP contribution in [0.2, 0.25) is 5.02 Å². The summed E-state index contributed by atoms with van der Waals surface area (Å²) < 4.78 is 0. The van der Waals surface area contributed by atoms with Gasteiger partial charge in [-0.05, 0) is 30.7 Å².